The lowest BCUT2D eigenvalue weighted by atomic mass is 10.2. The third-order valence-corrected chi connectivity index (χ3v) is 3.30. The lowest BCUT2D eigenvalue weighted by Crippen LogP contribution is -2.34. The molecule has 0 aromatic heterocycles. The fourth-order valence-electron chi connectivity index (χ4n) is 1.94. The second-order valence-corrected chi connectivity index (χ2v) is 5.23. The number of nitrogens with one attached hydrogen (secondary N) is 2. The quantitative estimate of drug-likeness (QED) is 0.325. The number of thiocarbonyl (C=S) groups is 1. The maximum absolute atomic E-state index is 12.1. The first-order chi connectivity index (χ1) is 11.9. The standard InChI is InChI=1S/C16H15N3O5S/c1-2-24-12-6-3-10(4-7-12)15(21)18-16(25)17-13-8-5-11(19(22)23)9-14(13)20/h3-9,20H,2H2,1H3,(H2,17,18,21,25). The van der Waals surface area contributed by atoms with E-state index in [9.17, 15) is 20.0 Å². The van der Waals surface area contributed by atoms with Crippen LogP contribution in [0.1, 0.15) is 17.3 Å². The van der Waals surface area contributed by atoms with Crippen LogP contribution in [0, 0.1) is 10.1 Å². The summed E-state index contributed by atoms with van der Waals surface area (Å²) in [6, 6.07) is 9.99. The van der Waals surface area contributed by atoms with Gasteiger partial charge in [0.2, 0.25) is 0 Å². The van der Waals surface area contributed by atoms with E-state index in [-0.39, 0.29) is 22.2 Å². The van der Waals surface area contributed by atoms with Gasteiger partial charge in [0.1, 0.15) is 11.5 Å². The van der Waals surface area contributed by atoms with Crippen LogP contribution in [0.4, 0.5) is 11.4 Å². The molecule has 0 aliphatic heterocycles. The van der Waals surface area contributed by atoms with Crippen molar-refractivity contribution in [1.29, 1.82) is 0 Å². The number of rotatable bonds is 5. The van der Waals surface area contributed by atoms with E-state index in [4.69, 9.17) is 17.0 Å². The van der Waals surface area contributed by atoms with Crippen LogP contribution in [0.25, 0.3) is 0 Å². The van der Waals surface area contributed by atoms with Crippen molar-refractivity contribution in [2.75, 3.05) is 11.9 Å². The molecule has 0 radical (unpaired) electrons. The van der Waals surface area contributed by atoms with Crippen LogP contribution in [-0.4, -0.2) is 27.7 Å². The number of non-ortho nitro benzene ring substituents is 1. The van der Waals surface area contributed by atoms with Gasteiger partial charge in [0.25, 0.3) is 11.6 Å². The van der Waals surface area contributed by atoms with Gasteiger partial charge in [-0.3, -0.25) is 20.2 Å². The molecule has 25 heavy (non-hydrogen) atoms. The van der Waals surface area contributed by atoms with Crippen LogP contribution in [0.3, 0.4) is 0 Å². The predicted octanol–water partition coefficient (Wildman–Crippen LogP) is 2.83. The predicted molar refractivity (Wildman–Crippen MR) is 96.1 cm³/mol. The van der Waals surface area contributed by atoms with Gasteiger partial charge in [-0.2, -0.15) is 0 Å². The molecule has 2 aromatic carbocycles. The third-order valence-electron chi connectivity index (χ3n) is 3.09. The SMILES string of the molecule is CCOc1ccc(C(=O)NC(=S)Nc2ccc([N+](=O)[O-])cc2O)cc1. The number of hydrogen-bond donors (Lipinski definition) is 3. The molecule has 0 spiro atoms. The lowest BCUT2D eigenvalue weighted by molar-refractivity contribution is -0.384. The molecule has 130 valence electrons. The first-order valence-corrected chi connectivity index (χ1v) is 7.64. The van der Waals surface area contributed by atoms with Crippen molar-refractivity contribution in [2.24, 2.45) is 0 Å². The Labute approximate surface area is 148 Å². The van der Waals surface area contributed by atoms with E-state index < -0.39 is 10.8 Å². The largest absolute Gasteiger partial charge is 0.506 e. The van der Waals surface area contributed by atoms with Crippen LogP contribution >= 0.6 is 12.2 Å². The summed E-state index contributed by atoms with van der Waals surface area (Å²) in [5, 5.41) is 25.4. The maximum atomic E-state index is 12.1. The number of phenols is 1. The van der Waals surface area contributed by atoms with Gasteiger partial charge in [0, 0.05) is 11.6 Å². The summed E-state index contributed by atoms with van der Waals surface area (Å²) in [6.07, 6.45) is 0. The van der Waals surface area contributed by atoms with Crippen molar-refractivity contribution in [3.05, 3.63) is 58.1 Å². The van der Waals surface area contributed by atoms with Crippen LogP contribution in [0.2, 0.25) is 0 Å². The van der Waals surface area contributed by atoms with Crippen LogP contribution in [0.15, 0.2) is 42.5 Å². The minimum atomic E-state index is -0.629. The number of nitro benzene ring substituents is 1. The molecule has 2 aromatic rings. The Morgan fingerprint density at radius 3 is 2.52 bits per heavy atom. The van der Waals surface area contributed by atoms with E-state index in [1.807, 2.05) is 6.92 Å². The molecule has 3 N–H and O–H groups in total. The molecular weight excluding hydrogens is 346 g/mol. The van der Waals surface area contributed by atoms with Crippen molar-refractivity contribution in [3.8, 4) is 11.5 Å². The van der Waals surface area contributed by atoms with Gasteiger partial charge in [-0.15, -0.1) is 0 Å². The second kappa shape index (κ2) is 8.06. The van der Waals surface area contributed by atoms with Gasteiger partial charge in [0.05, 0.1) is 23.3 Å². The summed E-state index contributed by atoms with van der Waals surface area (Å²) in [4.78, 5) is 22.1. The molecule has 9 heteroatoms. The number of nitrogens with zero attached hydrogens (tertiary/aromatic N) is 1. The second-order valence-electron chi connectivity index (χ2n) is 4.82. The molecule has 0 saturated heterocycles. The maximum Gasteiger partial charge on any atom is 0.273 e. The van der Waals surface area contributed by atoms with Crippen LogP contribution in [-0.2, 0) is 0 Å². The summed E-state index contributed by atoms with van der Waals surface area (Å²) in [7, 11) is 0. The number of amides is 1. The summed E-state index contributed by atoms with van der Waals surface area (Å²) < 4.78 is 5.29. The molecule has 0 unspecified atom stereocenters. The minimum absolute atomic E-state index is 0.0527. The van der Waals surface area contributed by atoms with Crippen molar-refractivity contribution in [2.45, 2.75) is 6.92 Å². The van der Waals surface area contributed by atoms with Gasteiger partial charge < -0.3 is 15.2 Å². The number of aromatic hydroxyl groups is 1. The van der Waals surface area contributed by atoms with E-state index in [1.54, 1.807) is 24.3 Å². The number of phenolic OH excluding ortho intramolecular Hbond substituents is 1. The number of carbonyl (C=O) groups excluding carboxylic acids is 1. The van der Waals surface area contributed by atoms with Crippen molar-refractivity contribution < 1.29 is 19.6 Å². The van der Waals surface area contributed by atoms with Crippen LogP contribution in [0.5, 0.6) is 11.5 Å². The van der Waals surface area contributed by atoms with E-state index in [1.165, 1.54) is 12.1 Å². The summed E-state index contributed by atoms with van der Waals surface area (Å²) in [5.41, 5.74) is 0.260. The van der Waals surface area contributed by atoms with Crippen molar-refractivity contribution >= 4 is 34.6 Å². The Balaban J connectivity index is 1.99. The number of hydrogen-bond acceptors (Lipinski definition) is 6. The third kappa shape index (κ3) is 4.88. The average molecular weight is 361 g/mol. The van der Waals surface area contributed by atoms with Crippen molar-refractivity contribution in [1.82, 2.24) is 5.32 Å². The lowest BCUT2D eigenvalue weighted by Gasteiger charge is -2.11. The zero-order valence-electron chi connectivity index (χ0n) is 13.2. The van der Waals surface area contributed by atoms with E-state index in [0.29, 0.717) is 17.9 Å². The number of nitro groups is 1. The molecule has 0 bridgehead atoms. The van der Waals surface area contributed by atoms with Gasteiger partial charge in [-0.1, -0.05) is 0 Å². The highest BCUT2D eigenvalue weighted by Crippen LogP contribution is 2.27. The molecule has 0 saturated carbocycles. The Morgan fingerprint density at radius 2 is 1.96 bits per heavy atom. The molecule has 0 heterocycles. The Bertz CT molecular complexity index is 808. The number of benzene rings is 2. The Hall–Kier alpha value is -3.20. The number of ether oxygens (including phenoxy) is 1. The highest BCUT2D eigenvalue weighted by molar-refractivity contribution is 7.80. The monoisotopic (exact) mass is 361 g/mol. The van der Waals surface area contributed by atoms with Crippen LogP contribution < -0.4 is 15.4 Å². The smallest absolute Gasteiger partial charge is 0.273 e. The van der Waals surface area contributed by atoms with E-state index >= 15 is 0 Å². The number of carbonyl (C=O) groups is 1. The van der Waals surface area contributed by atoms with E-state index in [0.717, 1.165) is 6.07 Å². The fraction of sp³-hybridized carbons (Fsp3) is 0.125. The normalized spacial score (nSPS) is 9.96. The Kier molecular flexibility index (Phi) is 5.85. The number of anilines is 1. The molecule has 8 nitrogen and oxygen atoms in total. The highest BCUT2D eigenvalue weighted by atomic mass is 32.1. The summed E-state index contributed by atoms with van der Waals surface area (Å²) >= 11 is 5.01. The zero-order valence-corrected chi connectivity index (χ0v) is 14.0. The van der Waals surface area contributed by atoms with Gasteiger partial charge in [-0.05, 0) is 49.5 Å². The molecular formula is C16H15N3O5S. The fourth-order valence-corrected chi connectivity index (χ4v) is 2.14. The topological polar surface area (TPSA) is 114 Å². The minimum Gasteiger partial charge on any atom is -0.506 e. The van der Waals surface area contributed by atoms with Gasteiger partial charge in [0.15, 0.2) is 5.11 Å². The molecule has 1 amide bonds. The molecule has 0 atom stereocenters. The van der Waals surface area contributed by atoms with E-state index in [2.05, 4.69) is 10.6 Å². The summed E-state index contributed by atoms with van der Waals surface area (Å²) in [5.74, 6) is -0.149. The first-order valence-electron chi connectivity index (χ1n) is 7.23. The first kappa shape index (κ1) is 18.1. The average Bonchev–Trinajstić information content (AvgIpc) is 2.57. The summed E-state index contributed by atoms with van der Waals surface area (Å²) in [6.45, 7) is 2.39. The van der Waals surface area contributed by atoms with Crippen molar-refractivity contribution in [3.63, 3.8) is 0 Å². The molecule has 0 fully saturated rings. The van der Waals surface area contributed by atoms with Gasteiger partial charge >= 0.3 is 0 Å². The Morgan fingerprint density at radius 1 is 1.28 bits per heavy atom. The highest BCUT2D eigenvalue weighted by Gasteiger charge is 2.13. The van der Waals surface area contributed by atoms with Gasteiger partial charge in [-0.25, -0.2) is 0 Å². The molecule has 0 aliphatic carbocycles. The zero-order chi connectivity index (χ0) is 18.4. The molecule has 2 rings (SSSR count). The molecule has 0 aliphatic rings.